The van der Waals surface area contributed by atoms with Gasteiger partial charge in [-0.3, -0.25) is 4.79 Å². The summed E-state index contributed by atoms with van der Waals surface area (Å²) in [6, 6.07) is 24.1. The van der Waals surface area contributed by atoms with Crippen LogP contribution in [0.25, 0.3) is 0 Å². The predicted octanol–water partition coefficient (Wildman–Crippen LogP) is 5.07. The molecule has 0 radical (unpaired) electrons. The summed E-state index contributed by atoms with van der Waals surface area (Å²) in [5, 5.41) is 4.42. The zero-order valence-corrected chi connectivity index (χ0v) is 15.1. The number of Topliss-reactive ketones (excluding diaryl/α,β-unsaturated/α-hetero) is 1. The molecule has 132 valence electrons. The van der Waals surface area contributed by atoms with E-state index in [1.54, 1.807) is 4.68 Å². The minimum absolute atomic E-state index is 0.240. The van der Waals surface area contributed by atoms with Crippen molar-refractivity contribution in [1.82, 2.24) is 4.68 Å². The van der Waals surface area contributed by atoms with Crippen molar-refractivity contribution in [3.8, 4) is 0 Å². The molecule has 3 aromatic rings. The van der Waals surface area contributed by atoms with Crippen LogP contribution in [-0.2, 0) is 10.2 Å². The van der Waals surface area contributed by atoms with Gasteiger partial charge in [0.2, 0.25) is 0 Å². The molecule has 0 saturated carbocycles. The molecule has 0 amide bonds. The van der Waals surface area contributed by atoms with E-state index >= 15 is 0 Å². The zero-order valence-electron chi connectivity index (χ0n) is 15.1. The number of nitrogens with zero attached hydrogens (tertiary/aromatic N) is 2. The van der Waals surface area contributed by atoms with Crippen molar-refractivity contribution in [1.29, 1.82) is 0 Å². The SMILES string of the molecule is CCC(=O)C(CC/C=N/n1cccc1)(c1ccccc1)c1ccccc1. The molecule has 1 aromatic heterocycles. The second-order valence-electron chi connectivity index (χ2n) is 6.31. The van der Waals surface area contributed by atoms with Gasteiger partial charge < -0.3 is 0 Å². The molecule has 0 N–H and O–H groups in total. The lowest BCUT2D eigenvalue weighted by atomic mass is 9.68. The van der Waals surface area contributed by atoms with Gasteiger partial charge in [-0.1, -0.05) is 67.6 Å². The topological polar surface area (TPSA) is 34.4 Å². The van der Waals surface area contributed by atoms with E-state index in [9.17, 15) is 4.79 Å². The number of ketones is 1. The first kappa shape index (κ1) is 17.9. The highest BCUT2D eigenvalue weighted by Crippen LogP contribution is 2.38. The fourth-order valence-electron chi connectivity index (χ4n) is 3.50. The molecule has 0 fully saturated rings. The number of carbonyl (C=O) groups excluding carboxylic acids is 1. The molecule has 0 aliphatic heterocycles. The minimum Gasteiger partial charge on any atom is -0.298 e. The average molecular weight is 344 g/mol. The Kier molecular flexibility index (Phi) is 5.80. The molecule has 0 atom stereocenters. The quantitative estimate of drug-likeness (QED) is 0.525. The van der Waals surface area contributed by atoms with Gasteiger partial charge in [0.25, 0.3) is 0 Å². The molecule has 0 spiro atoms. The van der Waals surface area contributed by atoms with E-state index in [-0.39, 0.29) is 5.78 Å². The Morgan fingerprint density at radius 1 is 0.923 bits per heavy atom. The van der Waals surface area contributed by atoms with E-state index in [0.29, 0.717) is 19.3 Å². The molecule has 0 unspecified atom stereocenters. The Morgan fingerprint density at radius 2 is 1.46 bits per heavy atom. The number of hydrogen-bond donors (Lipinski definition) is 0. The Hall–Kier alpha value is -2.94. The molecule has 0 bridgehead atoms. The third-order valence-electron chi connectivity index (χ3n) is 4.78. The van der Waals surface area contributed by atoms with Gasteiger partial charge in [0.05, 0.1) is 5.41 Å². The van der Waals surface area contributed by atoms with Crippen LogP contribution in [0.1, 0.15) is 37.3 Å². The van der Waals surface area contributed by atoms with Crippen LogP contribution in [0, 0.1) is 0 Å². The molecule has 3 rings (SSSR count). The molecule has 0 aliphatic carbocycles. The maximum Gasteiger partial charge on any atom is 0.147 e. The van der Waals surface area contributed by atoms with Gasteiger partial charge in [-0.2, -0.15) is 5.10 Å². The molecule has 1 heterocycles. The van der Waals surface area contributed by atoms with E-state index in [1.807, 2.05) is 74.1 Å². The van der Waals surface area contributed by atoms with Crippen LogP contribution in [0.15, 0.2) is 90.3 Å². The van der Waals surface area contributed by atoms with Crippen molar-refractivity contribution in [3.63, 3.8) is 0 Å². The van der Waals surface area contributed by atoms with Crippen molar-refractivity contribution < 1.29 is 4.79 Å². The maximum atomic E-state index is 13.2. The standard InChI is InChI=1S/C23H24N2O/c1-2-22(26)23(20-12-5-3-6-13-20,21-14-7-4-8-15-21)16-11-17-24-25-18-9-10-19-25/h3-10,12-15,17-19H,2,11,16H2,1H3/b24-17+. The molecule has 26 heavy (non-hydrogen) atoms. The fourth-order valence-corrected chi connectivity index (χ4v) is 3.50. The van der Waals surface area contributed by atoms with Crippen LogP contribution in [0.3, 0.4) is 0 Å². The van der Waals surface area contributed by atoms with E-state index < -0.39 is 5.41 Å². The Balaban J connectivity index is 1.98. The number of benzene rings is 2. The van der Waals surface area contributed by atoms with Crippen molar-refractivity contribution in [2.45, 2.75) is 31.6 Å². The molecule has 0 saturated heterocycles. The second-order valence-corrected chi connectivity index (χ2v) is 6.31. The highest BCUT2D eigenvalue weighted by Gasteiger charge is 2.39. The molecular formula is C23H24N2O. The molecule has 3 heteroatoms. The third kappa shape index (κ3) is 3.67. The van der Waals surface area contributed by atoms with Crippen molar-refractivity contribution in [3.05, 3.63) is 96.3 Å². The lowest BCUT2D eigenvalue weighted by molar-refractivity contribution is -0.123. The molecular weight excluding hydrogens is 320 g/mol. The second kappa shape index (κ2) is 8.43. The number of hydrogen-bond acceptors (Lipinski definition) is 2. The fraction of sp³-hybridized carbons (Fsp3) is 0.217. The van der Waals surface area contributed by atoms with Gasteiger partial charge in [-0.25, -0.2) is 4.68 Å². The van der Waals surface area contributed by atoms with Crippen molar-refractivity contribution in [2.75, 3.05) is 0 Å². The largest absolute Gasteiger partial charge is 0.298 e. The summed E-state index contributed by atoms with van der Waals surface area (Å²) in [6.07, 6.45) is 7.60. The lowest BCUT2D eigenvalue weighted by Gasteiger charge is -2.33. The van der Waals surface area contributed by atoms with Crippen molar-refractivity contribution >= 4 is 12.0 Å². The first-order valence-electron chi connectivity index (χ1n) is 9.07. The maximum absolute atomic E-state index is 13.2. The van der Waals surface area contributed by atoms with Crippen LogP contribution < -0.4 is 0 Å². The van der Waals surface area contributed by atoms with Crippen LogP contribution in [0.5, 0.6) is 0 Å². The summed E-state index contributed by atoms with van der Waals surface area (Å²) in [5.74, 6) is 0.240. The Bertz CT molecular complexity index is 797. The summed E-state index contributed by atoms with van der Waals surface area (Å²) in [5.41, 5.74) is 1.46. The highest BCUT2D eigenvalue weighted by atomic mass is 16.1. The summed E-state index contributed by atoms with van der Waals surface area (Å²) >= 11 is 0. The van der Waals surface area contributed by atoms with E-state index in [1.165, 1.54) is 0 Å². The minimum atomic E-state index is -0.639. The van der Waals surface area contributed by atoms with E-state index in [0.717, 1.165) is 11.1 Å². The number of rotatable bonds is 8. The van der Waals surface area contributed by atoms with Gasteiger partial charge in [0, 0.05) is 25.0 Å². The Labute approximate surface area is 155 Å². The normalized spacial score (nSPS) is 11.7. The number of aromatic nitrogens is 1. The molecule has 2 aromatic carbocycles. The molecule has 3 nitrogen and oxygen atoms in total. The van der Waals surface area contributed by atoms with Gasteiger partial charge in [0.1, 0.15) is 5.78 Å². The van der Waals surface area contributed by atoms with Crippen LogP contribution in [0.2, 0.25) is 0 Å². The third-order valence-corrected chi connectivity index (χ3v) is 4.78. The molecule has 0 aliphatic rings. The van der Waals surface area contributed by atoms with Gasteiger partial charge in [-0.05, 0) is 36.1 Å². The van der Waals surface area contributed by atoms with Crippen molar-refractivity contribution in [2.24, 2.45) is 5.10 Å². The van der Waals surface area contributed by atoms with Crippen LogP contribution in [-0.4, -0.2) is 16.7 Å². The monoisotopic (exact) mass is 344 g/mol. The summed E-state index contributed by atoms with van der Waals surface area (Å²) in [7, 11) is 0. The highest BCUT2D eigenvalue weighted by molar-refractivity contribution is 5.94. The van der Waals surface area contributed by atoms with E-state index in [4.69, 9.17) is 0 Å². The zero-order chi connectivity index (χ0) is 18.2. The first-order valence-corrected chi connectivity index (χ1v) is 9.07. The van der Waals surface area contributed by atoms with Gasteiger partial charge in [-0.15, -0.1) is 0 Å². The summed E-state index contributed by atoms with van der Waals surface area (Å²) in [6.45, 7) is 1.94. The van der Waals surface area contributed by atoms with Crippen LogP contribution in [0.4, 0.5) is 0 Å². The first-order chi connectivity index (χ1) is 12.8. The van der Waals surface area contributed by atoms with Gasteiger partial charge in [0.15, 0.2) is 0 Å². The summed E-state index contributed by atoms with van der Waals surface area (Å²) in [4.78, 5) is 13.2. The predicted molar refractivity (Wildman–Crippen MR) is 107 cm³/mol. The smallest absolute Gasteiger partial charge is 0.147 e. The average Bonchev–Trinajstić information content (AvgIpc) is 3.23. The Morgan fingerprint density at radius 3 is 1.96 bits per heavy atom. The van der Waals surface area contributed by atoms with Crippen LogP contribution >= 0.6 is 0 Å². The van der Waals surface area contributed by atoms with Gasteiger partial charge >= 0.3 is 0 Å². The van der Waals surface area contributed by atoms with E-state index in [2.05, 4.69) is 29.4 Å². The number of carbonyl (C=O) groups is 1. The summed E-state index contributed by atoms with van der Waals surface area (Å²) < 4.78 is 1.77. The lowest BCUT2D eigenvalue weighted by Crippen LogP contribution is -2.37.